The Hall–Kier alpha value is -3.07. The maximum atomic E-state index is 12.8. The summed E-state index contributed by atoms with van der Waals surface area (Å²) in [6.45, 7) is 3.57. The lowest BCUT2D eigenvalue weighted by Gasteiger charge is -2.29. The summed E-state index contributed by atoms with van der Waals surface area (Å²) in [5, 5.41) is 11.1. The molecular formula is C21H24N6O3. The predicted molar refractivity (Wildman–Crippen MR) is 107 cm³/mol. The van der Waals surface area contributed by atoms with E-state index in [1.807, 2.05) is 18.3 Å². The van der Waals surface area contributed by atoms with Gasteiger partial charge in [0, 0.05) is 18.5 Å². The van der Waals surface area contributed by atoms with Crippen molar-refractivity contribution in [2.45, 2.75) is 50.7 Å². The topological polar surface area (TPSA) is 100 Å². The molecule has 1 N–H and O–H groups in total. The van der Waals surface area contributed by atoms with E-state index in [1.165, 1.54) is 0 Å². The minimum atomic E-state index is -0.609. The van der Waals surface area contributed by atoms with Crippen LogP contribution < -0.4 is 5.32 Å². The quantitative estimate of drug-likeness (QED) is 0.760. The van der Waals surface area contributed by atoms with Crippen LogP contribution in [0, 0.1) is 0 Å². The highest BCUT2D eigenvalue weighted by Gasteiger charge is 2.40. The Bertz CT molecular complexity index is 1060. The fourth-order valence-corrected chi connectivity index (χ4v) is 4.76. The summed E-state index contributed by atoms with van der Waals surface area (Å²) < 4.78 is 1.74. The molecule has 156 valence electrons. The number of likely N-dealkylation sites (tertiary alicyclic amines) is 1. The molecule has 0 aliphatic carbocycles. The Labute approximate surface area is 174 Å². The molecule has 9 heteroatoms. The molecule has 1 aromatic carbocycles. The molecule has 3 aliphatic rings. The van der Waals surface area contributed by atoms with Gasteiger partial charge in [-0.25, -0.2) is 4.68 Å². The average molecular weight is 408 g/mol. The van der Waals surface area contributed by atoms with E-state index in [9.17, 15) is 14.4 Å². The summed E-state index contributed by atoms with van der Waals surface area (Å²) in [7, 11) is 2.11. The number of benzene rings is 1. The first kappa shape index (κ1) is 18.9. The average Bonchev–Trinajstić information content (AvgIpc) is 3.41. The van der Waals surface area contributed by atoms with Crippen LogP contribution >= 0.6 is 0 Å². The summed E-state index contributed by atoms with van der Waals surface area (Å²) in [4.78, 5) is 40.3. The monoisotopic (exact) mass is 408 g/mol. The number of nitrogens with one attached hydrogen (secondary N) is 1. The number of aromatic nitrogens is 3. The van der Waals surface area contributed by atoms with Crippen molar-refractivity contribution < 1.29 is 14.4 Å². The summed E-state index contributed by atoms with van der Waals surface area (Å²) in [5.74, 6) is -0.862. The van der Waals surface area contributed by atoms with Gasteiger partial charge in [-0.05, 0) is 63.5 Å². The fourth-order valence-electron chi connectivity index (χ4n) is 4.76. The third-order valence-corrected chi connectivity index (χ3v) is 6.82. The zero-order chi connectivity index (χ0) is 21.0. The largest absolute Gasteiger partial charge is 0.322 e. The van der Waals surface area contributed by atoms with E-state index in [-0.39, 0.29) is 23.8 Å². The number of hydrogen-bond donors (Lipinski definition) is 1. The number of carbonyl (C=O) groups excluding carboxylic acids is 3. The second-order valence-electron chi connectivity index (χ2n) is 8.59. The highest BCUT2D eigenvalue weighted by atomic mass is 16.2. The molecule has 0 spiro atoms. The van der Waals surface area contributed by atoms with Gasteiger partial charge in [-0.1, -0.05) is 5.21 Å². The summed E-state index contributed by atoms with van der Waals surface area (Å²) in [6.07, 6.45) is 4.74. The number of amides is 3. The third-order valence-electron chi connectivity index (χ3n) is 6.82. The predicted octanol–water partition coefficient (Wildman–Crippen LogP) is 0.969. The van der Waals surface area contributed by atoms with Crippen LogP contribution in [0.3, 0.4) is 0 Å². The first-order chi connectivity index (χ1) is 14.4. The zero-order valence-electron chi connectivity index (χ0n) is 17.1. The van der Waals surface area contributed by atoms with Gasteiger partial charge in [0.2, 0.25) is 11.8 Å². The van der Waals surface area contributed by atoms with Gasteiger partial charge >= 0.3 is 0 Å². The molecule has 5 rings (SSSR count). The highest BCUT2D eigenvalue weighted by molar-refractivity contribution is 6.05. The van der Waals surface area contributed by atoms with Crippen LogP contribution in [0.15, 0.2) is 24.4 Å². The molecule has 9 nitrogen and oxygen atoms in total. The van der Waals surface area contributed by atoms with Crippen LogP contribution in [0.2, 0.25) is 0 Å². The van der Waals surface area contributed by atoms with Crippen LogP contribution in [0.5, 0.6) is 0 Å². The summed E-state index contributed by atoms with van der Waals surface area (Å²) >= 11 is 0. The smallest absolute Gasteiger partial charge is 0.255 e. The number of carbonyl (C=O) groups is 3. The molecule has 2 saturated heterocycles. The third kappa shape index (κ3) is 2.84. The number of hydrogen-bond acceptors (Lipinski definition) is 6. The van der Waals surface area contributed by atoms with E-state index < -0.39 is 11.9 Å². The van der Waals surface area contributed by atoms with Crippen LogP contribution in [-0.2, 0) is 21.7 Å². The van der Waals surface area contributed by atoms with Gasteiger partial charge in [-0.15, -0.1) is 5.10 Å². The second-order valence-corrected chi connectivity index (χ2v) is 8.59. The van der Waals surface area contributed by atoms with Crippen LogP contribution in [-0.4, -0.2) is 62.1 Å². The molecule has 4 heterocycles. The number of rotatable bonds is 3. The van der Waals surface area contributed by atoms with Crippen molar-refractivity contribution in [2.24, 2.45) is 0 Å². The molecular weight excluding hydrogens is 384 g/mol. The first-order valence-corrected chi connectivity index (χ1v) is 10.3. The van der Waals surface area contributed by atoms with Crippen molar-refractivity contribution in [3.05, 3.63) is 41.2 Å². The van der Waals surface area contributed by atoms with Crippen molar-refractivity contribution in [1.29, 1.82) is 0 Å². The van der Waals surface area contributed by atoms with Gasteiger partial charge in [-0.2, -0.15) is 0 Å². The fraction of sp³-hybridized carbons (Fsp3) is 0.476. The molecule has 0 radical (unpaired) electrons. The van der Waals surface area contributed by atoms with E-state index in [2.05, 4.69) is 34.5 Å². The second kappa shape index (κ2) is 6.73. The van der Waals surface area contributed by atoms with Crippen molar-refractivity contribution in [2.75, 3.05) is 13.6 Å². The maximum Gasteiger partial charge on any atom is 0.255 e. The Morgan fingerprint density at radius 3 is 2.80 bits per heavy atom. The first-order valence-electron chi connectivity index (χ1n) is 10.3. The number of fused-ring (bicyclic) bond motifs is 1. The standard InChI is InChI=1S/C21H24N6O3/c1-21(8-3-9-25(21)2)17-12-27(24-23-17)14-4-5-15-13(10-14)11-26(20(15)30)16-6-7-18(28)22-19(16)29/h4-5,10,12,16H,3,6-9,11H2,1-2H3,(H,22,28,29)/t16?,21-/m0/s1. The van der Waals surface area contributed by atoms with Crippen LogP contribution in [0.25, 0.3) is 5.69 Å². The molecule has 0 bridgehead atoms. The Kier molecular flexibility index (Phi) is 4.25. The van der Waals surface area contributed by atoms with E-state index in [0.29, 0.717) is 18.5 Å². The number of nitrogens with zero attached hydrogens (tertiary/aromatic N) is 5. The molecule has 3 aliphatic heterocycles. The van der Waals surface area contributed by atoms with Crippen molar-refractivity contribution >= 4 is 17.7 Å². The maximum absolute atomic E-state index is 12.8. The molecule has 2 aromatic rings. The van der Waals surface area contributed by atoms with Gasteiger partial charge in [0.15, 0.2) is 0 Å². The highest BCUT2D eigenvalue weighted by Crippen LogP contribution is 2.36. The van der Waals surface area contributed by atoms with Crippen molar-refractivity contribution in [3.8, 4) is 5.69 Å². The van der Waals surface area contributed by atoms with Gasteiger partial charge in [0.25, 0.3) is 5.91 Å². The normalized spacial score (nSPS) is 26.9. The Morgan fingerprint density at radius 1 is 1.23 bits per heavy atom. The Balaban J connectivity index is 1.40. The van der Waals surface area contributed by atoms with E-state index >= 15 is 0 Å². The SMILES string of the molecule is CN1CCC[C@@]1(C)c1cn(-c2ccc3c(c2)CN(C2CCC(=O)NC2=O)C3=O)nn1. The number of piperidine rings is 1. The summed E-state index contributed by atoms with van der Waals surface area (Å²) in [6, 6.07) is 4.95. The number of imide groups is 1. The molecule has 0 saturated carbocycles. The molecule has 1 unspecified atom stereocenters. The Morgan fingerprint density at radius 2 is 2.07 bits per heavy atom. The molecule has 2 fully saturated rings. The van der Waals surface area contributed by atoms with Gasteiger partial charge in [0.05, 0.1) is 17.4 Å². The van der Waals surface area contributed by atoms with E-state index in [1.54, 1.807) is 15.6 Å². The van der Waals surface area contributed by atoms with Gasteiger partial charge in [-0.3, -0.25) is 24.6 Å². The molecule has 1 aromatic heterocycles. The molecule has 2 atom stereocenters. The lowest BCUT2D eigenvalue weighted by atomic mass is 9.95. The van der Waals surface area contributed by atoms with Crippen molar-refractivity contribution in [1.82, 2.24) is 30.1 Å². The zero-order valence-corrected chi connectivity index (χ0v) is 17.1. The van der Waals surface area contributed by atoms with Crippen LogP contribution in [0.4, 0.5) is 0 Å². The molecule has 3 amide bonds. The van der Waals surface area contributed by atoms with E-state index in [4.69, 9.17) is 0 Å². The minimum Gasteiger partial charge on any atom is -0.322 e. The van der Waals surface area contributed by atoms with Gasteiger partial charge < -0.3 is 4.90 Å². The van der Waals surface area contributed by atoms with Crippen molar-refractivity contribution in [3.63, 3.8) is 0 Å². The summed E-state index contributed by atoms with van der Waals surface area (Å²) in [5.41, 5.74) is 3.08. The van der Waals surface area contributed by atoms with Crippen LogP contribution in [0.1, 0.15) is 54.2 Å². The van der Waals surface area contributed by atoms with Gasteiger partial charge in [0.1, 0.15) is 11.7 Å². The lowest BCUT2D eigenvalue weighted by Crippen LogP contribution is -2.52. The molecule has 30 heavy (non-hydrogen) atoms. The minimum absolute atomic E-state index is 0.118. The van der Waals surface area contributed by atoms with E-state index in [0.717, 1.165) is 36.3 Å². The lowest BCUT2D eigenvalue weighted by molar-refractivity contribution is -0.136.